The van der Waals surface area contributed by atoms with Crippen molar-refractivity contribution in [2.75, 3.05) is 45.1 Å². The van der Waals surface area contributed by atoms with Gasteiger partial charge < -0.3 is 37.6 Å². The van der Waals surface area contributed by atoms with Gasteiger partial charge >= 0.3 is 6.18 Å². The van der Waals surface area contributed by atoms with Crippen molar-refractivity contribution in [1.82, 2.24) is 15.6 Å². The van der Waals surface area contributed by atoms with Crippen molar-refractivity contribution in [2.45, 2.75) is 50.5 Å². The molecule has 3 rings (SSSR count). The van der Waals surface area contributed by atoms with E-state index in [0.717, 1.165) is 23.0 Å². The molecule has 1 heterocycles. The minimum atomic E-state index is -4.53. The van der Waals surface area contributed by atoms with E-state index >= 15 is 0 Å². The lowest BCUT2D eigenvalue weighted by Crippen LogP contribution is -2.55. The normalized spacial score (nSPS) is 13.9. The molecule has 14 heteroatoms. The van der Waals surface area contributed by atoms with Crippen LogP contribution < -0.4 is 33.2 Å². The molecule has 0 saturated heterocycles. The second-order valence-electron chi connectivity index (χ2n) is 11.7. The number of para-hydroxylation sites is 1. The number of nitrogens with zero attached hydrogens (tertiary/aromatic N) is 2. The molecule has 3 amide bonds. The van der Waals surface area contributed by atoms with Gasteiger partial charge in [-0.1, -0.05) is 30.3 Å². The maximum Gasteiger partial charge on any atom is 0.416 e. The quantitative estimate of drug-likeness (QED) is 0.129. The van der Waals surface area contributed by atoms with E-state index < -0.39 is 47.6 Å². The number of nitrogens with one attached hydrogen (secondary N) is 3. The van der Waals surface area contributed by atoms with Crippen LogP contribution in [-0.2, 0) is 27.0 Å². The summed E-state index contributed by atoms with van der Waals surface area (Å²) < 4.78 is 40.1. The van der Waals surface area contributed by atoms with Crippen molar-refractivity contribution in [2.24, 2.45) is 17.2 Å². The van der Waals surface area contributed by atoms with Crippen LogP contribution in [0.1, 0.15) is 30.9 Å². The van der Waals surface area contributed by atoms with Gasteiger partial charge in [-0.25, -0.2) is 0 Å². The average molecular weight is 646 g/mol. The number of nitrogens with two attached hydrogens (primary N) is 3. The molecule has 0 spiro atoms. The summed E-state index contributed by atoms with van der Waals surface area (Å²) >= 11 is 0. The Hall–Kier alpha value is -4.11. The molecule has 3 aromatic rings. The Bertz CT molecular complexity index is 1460. The molecule has 0 aliphatic carbocycles. The molecule has 0 bridgehead atoms. The van der Waals surface area contributed by atoms with Crippen LogP contribution in [0.25, 0.3) is 10.9 Å². The number of benzene rings is 2. The van der Waals surface area contributed by atoms with E-state index in [9.17, 15) is 27.6 Å². The Kier molecular flexibility index (Phi) is 13.0. The molecule has 9 N–H and O–H groups in total. The van der Waals surface area contributed by atoms with Gasteiger partial charge in [-0.05, 0) is 49.6 Å². The highest BCUT2D eigenvalue weighted by atomic mass is 19.4. The van der Waals surface area contributed by atoms with E-state index in [1.165, 1.54) is 25.3 Å². The lowest BCUT2D eigenvalue weighted by Gasteiger charge is -2.34. The molecule has 2 aromatic carbocycles. The molecular weight excluding hydrogens is 601 g/mol. The van der Waals surface area contributed by atoms with Gasteiger partial charge in [0.2, 0.25) is 17.7 Å². The molecule has 0 saturated carbocycles. The summed E-state index contributed by atoms with van der Waals surface area (Å²) in [5.74, 6) is -1.80. The van der Waals surface area contributed by atoms with Crippen LogP contribution >= 0.6 is 0 Å². The Morgan fingerprint density at radius 1 is 0.891 bits per heavy atom. The summed E-state index contributed by atoms with van der Waals surface area (Å²) in [5.41, 5.74) is 18.0. The number of hydrogen-bond donors (Lipinski definition) is 6. The van der Waals surface area contributed by atoms with E-state index in [2.05, 4.69) is 20.9 Å². The fourth-order valence-corrected chi connectivity index (χ4v) is 5.12. The first-order valence-corrected chi connectivity index (χ1v) is 15.2. The molecular formula is C32H44F3N8O3+. The predicted octanol–water partition coefficient (Wildman–Crippen LogP) is 1.90. The summed E-state index contributed by atoms with van der Waals surface area (Å²) in [5, 5.41) is 8.91. The number of anilines is 1. The van der Waals surface area contributed by atoms with Crippen LogP contribution in [0.15, 0.2) is 60.8 Å². The predicted molar refractivity (Wildman–Crippen MR) is 171 cm³/mol. The number of rotatable bonds is 16. The zero-order valence-electron chi connectivity index (χ0n) is 26.1. The van der Waals surface area contributed by atoms with Gasteiger partial charge in [0.1, 0.15) is 12.1 Å². The Morgan fingerprint density at radius 2 is 1.52 bits per heavy atom. The minimum Gasteiger partial charge on any atom is -0.343 e. The monoisotopic (exact) mass is 645 g/mol. The summed E-state index contributed by atoms with van der Waals surface area (Å²) in [6.07, 6.45) is -2.42. The number of likely N-dealkylation sites (N-methyl/N-ethyl adjacent to an activating group) is 1. The Balaban J connectivity index is 1.85. The average Bonchev–Trinajstić information content (AvgIpc) is 3.00. The summed E-state index contributed by atoms with van der Waals surface area (Å²) in [4.78, 5) is 44.2. The maximum absolute atomic E-state index is 13.7. The number of aromatic nitrogens is 1. The number of fused-ring (bicyclic) bond motifs is 1. The standard InChI is InChI=1S/C32H43F3N8O3/c1-21(38)29(44)41-27(8-5-15-43(2,16-13-36)17-14-37)30(45)42-28(18-22-9-11-24(12-10-22)32(33,34)35)31(46)40-25-19-23-6-3-4-7-26(23)39-20-25/h3-4,6-7,9-12,19-21,27-28H,5,8,13-18,36-38H2,1-2H3,(H2-,40,41,42,44,45,46)/p+1/t21-,27+,28-/m1/s1. The van der Waals surface area contributed by atoms with Crippen LogP contribution in [0.4, 0.5) is 18.9 Å². The van der Waals surface area contributed by atoms with Crippen LogP contribution in [0.5, 0.6) is 0 Å². The van der Waals surface area contributed by atoms with Crippen LogP contribution in [0, 0.1) is 0 Å². The van der Waals surface area contributed by atoms with Gasteiger partial charge in [-0.2, -0.15) is 13.2 Å². The molecule has 46 heavy (non-hydrogen) atoms. The summed E-state index contributed by atoms with van der Waals surface area (Å²) in [6, 6.07) is 10.3. The highest BCUT2D eigenvalue weighted by molar-refractivity contribution is 5.99. The van der Waals surface area contributed by atoms with Crippen molar-refractivity contribution < 1.29 is 32.0 Å². The fraction of sp³-hybridized carbons (Fsp3) is 0.438. The topological polar surface area (TPSA) is 178 Å². The number of alkyl halides is 3. The maximum atomic E-state index is 13.7. The van der Waals surface area contributed by atoms with Gasteiger partial charge in [0.05, 0.1) is 55.7 Å². The largest absolute Gasteiger partial charge is 0.416 e. The van der Waals surface area contributed by atoms with Gasteiger partial charge in [0.15, 0.2) is 0 Å². The number of quaternary nitrogens is 1. The van der Waals surface area contributed by atoms with Gasteiger partial charge in [0, 0.05) is 24.9 Å². The first-order valence-electron chi connectivity index (χ1n) is 15.2. The highest BCUT2D eigenvalue weighted by Gasteiger charge is 2.31. The number of amides is 3. The third kappa shape index (κ3) is 10.8. The number of halogens is 3. The van der Waals surface area contributed by atoms with Crippen LogP contribution in [0.2, 0.25) is 0 Å². The van der Waals surface area contributed by atoms with Gasteiger partial charge in [-0.3, -0.25) is 19.4 Å². The molecule has 3 atom stereocenters. The lowest BCUT2D eigenvalue weighted by molar-refractivity contribution is -0.907. The summed E-state index contributed by atoms with van der Waals surface area (Å²) in [7, 11) is 2.02. The first kappa shape index (κ1) is 36.4. The zero-order valence-corrected chi connectivity index (χ0v) is 26.1. The number of carbonyl (C=O) groups is 3. The van der Waals surface area contributed by atoms with E-state index in [0.29, 0.717) is 54.9 Å². The second kappa shape index (κ2) is 16.5. The van der Waals surface area contributed by atoms with Crippen molar-refractivity contribution in [3.8, 4) is 0 Å². The molecule has 0 aliphatic heterocycles. The lowest BCUT2D eigenvalue weighted by atomic mass is 10.0. The van der Waals surface area contributed by atoms with E-state index in [4.69, 9.17) is 17.2 Å². The Labute approximate surface area is 266 Å². The smallest absolute Gasteiger partial charge is 0.343 e. The molecule has 0 aliphatic rings. The number of hydrogen-bond acceptors (Lipinski definition) is 7. The molecule has 250 valence electrons. The number of pyridine rings is 1. The SMILES string of the molecule is C[C@@H](N)C(=O)N[C@@H](CCC[N+](C)(CCN)CCN)C(=O)N[C@H](Cc1ccc(C(F)(F)F)cc1)C(=O)Nc1cnc2ccccc2c1. The third-order valence-electron chi connectivity index (χ3n) is 7.79. The fourth-order valence-electron chi connectivity index (χ4n) is 5.12. The van der Waals surface area contributed by atoms with E-state index in [1.807, 2.05) is 31.3 Å². The first-order chi connectivity index (χ1) is 21.7. The van der Waals surface area contributed by atoms with E-state index in [-0.39, 0.29) is 12.8 Å². The van der Waals surface area contributed by atoms with Crippen molar-refractivity contribution in [1.29, 1.82) is 0 Å². The minimum absolute atomic E-state index is 0.118. The van der Waals surface area contributed by atoms with Gasteiger partial charge in [-0.15, -0.1) is 0 Å². The van der Waals surface area contributed by atoms with Crippen molar-refractivity contribution >= 4 is 34.3 Å². The molecule has 0 unspecified atom stereocenters. The molecule has 0 fully saturated rings. The zero-order chi connectivity index (χ0) is 33.9. The Morgan fingerprint density at radius 3 is 2.13 bits per heavy atom. The second-order valence-corrected chi connectivity index (χ2v) is 11.7. The number of carbonyl (C=O) groups excluding carboxylic acids is 3. The molecule has 1 aromatic heterocycles. The van der Waals surface area contributed by atoms with Gasteiger partial charge in [0.25, 0.3) is 0 Å². The third-order valence-corrected chi connectivity index (χ3v) is 7.79. The van der Waals surface area contributed by atoms with Crippen LogP contribution in [0.3, 0.4) is 0 Å². The molecule has 0 radical (unpaired) electrons. The molecule has 11 nitrogen and oxygen atoms in total. The van der Waals surface area contributed by atoms with Crippen LogP contribution in [-0.4, -0.2) is 85.1 Å². The van der Waals surface area contributed by atoms with E-state index in [1.54, 1.807) is 6.07 Å². The van der Waals surface area contributed by atoms with Crippen molar-refractivity contribution in [3.63, 3.8) is 0 Å². The highest BCUT2D eigenvalue weighted by Crippen LogP contribution is 2.29. The summed E-state index contributed by atoms with van der Waals surface area (Å²) in [6.45, 7) is 4.39. The van der Waals surface area contributed by atoms with Crippen molar-refractivity contribution in [3.05, 3.63) is 71.9 Å².